The van der Waals surface area contributed by atoms with Gasteiger partial charge in [0, 0.05) is 0 Å². The number of unbranched alkanes of at least 4 members (excludes halogenated alkanes) is 1. The number of fused-ring (bicyclic) bond motifs is 3. The van der Waals surface area contributed by atoms with Crippen LogP contribution in [-0.4, -0.2) is 38.4 Å². The van der Waals surface area contributed by atoms with E-state index < -0.39 is 0 Å². The van der Waals surface area contributed by atoms with Crippen LogP contribution in [0.3, 0.4) is 0 Å². The molecule has 7 rings (SSSR count). The standard InChI is InChI=1S/C33H31N5.4C2H6.CH3.Y/c1-3-4-13-32-34-27-16-14-21(19-29(27)35-32)23-8-5-11-26-24(9-6-10-25(23)26)22-15-17-28-30(20-22)37-33(36-28)31-12-7-18-38(31)2;4*1-2;;/h5-6,8-11,13-17,19-20,31H,1,3-4,7,12,18H2,2H3,(H,34,35)(H,36,37);4*1-2H3;1H3;/q-2;;;;;-1;+3. The van der Waals surface area contributed by atoms with E-state index in [-0.39, 0.29) is 40.1 Å². The zero-order valence-electron chi connectivity index (χ0n) is 31.2. The van der Waals surface area contributed by atoms with Crippen molar-refractivity contribution >= 4 is 32.8 Å². The van der Waals surface area contributed by atoms with Crippen molar-refractivity contribution in [2.45, 2.75) is 87.1 Å². The molecule has 1 aliphatic rings. The van der Waals surface area contributed by atoms with E-state index in [2.05, 4.69) is 108 Å². The Labute approximate surface area is 316 Å². The van der Waals surface area contributed by atoms with E-state index in [1.165, 1.54) is 39.4 Å². The molecular formula is C42H58N5Y. The molecule has 0 bridgehead atoms. The molecule has 3 heterocycles. The van der Waals surface area contributed by atoms with Gasteiger partial charge in [0.2, 0.25) is 0 Å². The summed E-state index contributed by atoms with van der Waals surface area (Å²) in [6.07, 6.45) is 6.29. The molecule has 1 fully saturated rings. The van der Waals surface area contributed by atoms with Crippen molar-refractivity contribution in [2.75, 3.05) is 13.6 Å². The third kappa shape index (κ3) is 9.58. The summed E-state index contributed by atoms with van der Waals surface area (Å²) in [5.41, 5.74) is 9.00. The molecule has 0 aliphatic carbocycles. The molecule has 1 aliphatic heterocycles. The number of hydrogen-bond donors (Lipinski definition) is 2. The Morgan fingerprint density at radius 2 is 1.27 bits per heavy atom. The fraction of sp³-hybridized carbons (Fsp3) is 0.357. The number of nitrogens with zero attached hydrogens (tertiary/aromatic N) is 3. The van der Waals surface area contributed by atoms with Crippen LogP contribution < -0.4 is 0 Å². The van der Waals surface area contributed by atoms with Crippen LogP contribution in [0.15, 0.2) is 72.8 Å². The maximum atomic E-state index is 4.93. The van der Waals surface area contributed by atoms with E-state index in [0.29, 0.717) is 6.04 Å². The van der Waals surface area contributed by atoms with E-state index in [1.807, 2.05) is 55.4 Å². The smallest absolute Gasteiger partial charge is 0.368 e. The summed E-state index contributed by atoms with van der Waals surface area (Å²) >= 11 is 0. The van der Waals surface area contributed by atoms with Gasteiger partial charge in [0.15, 0.2) is 0 Å². The molecule has 254 valence electrons. The van der Waals surface area contributed by atoms with Gasteiger partial charge in [0.25, 0.3) is 0 Å². The molecule has 0 saturated carbocycles. The molecule has 6 heteroatoms. The van der Waals surface area contributed by atoms with Crippen LogP contribution in [0.1, 0.15) is 98.8 Å². The van der Waals surface area contributed by atoms with E-state index in [9.17, 15) is 0 Å². The molecule has 6 aromatic rings. The molecule has 0 amide bonds. The van der Waals surface area contributed by atoms with Crippen molar-refractivity contribution in [3.8, 4) is 22.3 Å². The summed E-state index contributed by atoms with van der Waals surface area (Å²) in [7, 11) is 2.19. The minimum Gasteiger partial charge on any atom is -0.368 e. The molecule has 5 nitrogen and oxygen atoms in total. The normalized spacial score (nSPS) is 13.3. The predicted molar refractivity (Wildman–Crippen MR) is 209 cm³/mol. The third-order valence-corrected chi connectivity index (χ3v) is 7.92. The molecule has 0 spiro atoms. The van der Waals surface area contributed by atoms with Crippen molar-refractivity contribution in [1.29, 1.82) is 0 Å². The van der Waals surface area contributed by atoms with Crippen molar-refractivity contribution in [2.24, 2.45) is 0 Å². The molecule has 2 N–H and O–H groups in total. The maximum absolute atomic E-state index is 4.93. The van der Waals surface area contributed by atoms with Crippen molar-refractivity contribution in [3.63, 3.8) is 0 Å². The van der Waals surface area contributed by atoms with Gasteiger partial charge in [0.05, 0.1) is 28.1 Å². The number of aromatic amines is 2. The van der Waals surface area contributed by atoms with Crippen LogP contribution in [-0.2, 0) is 32.7 Å². The number of aromatic nitrogens is 4. The van der Waals surface area contributed by atoms with Gasteiger partial charge >= 0.3 is 32.7 Å². The fourth-order valence-corrected chi connectivity index (χ4v) is 5.96. The third-order valence-electron chi connectivity index (χ3n) is 7.92. The van der Waals surface area contributed by atoms with E-state index >= 15 is 0 Å². The maximum Gasteiger partial charge on any atom is 3.00 e. The molecule has 1 unspecified atom stereocenters. The molecule has 48 heavy (non-hydrogen) atoms. The molecule has 1 saturated heterocycles. The van der Waals surface area contributed by atoms with Crippen molar-refractivity contribution < 1.29 is 32.7 Å². The summed E-state index contributed by atoms with van der Waals surface area (Å²) in [6.45, 7) is 21.1. The average Bonchev–Trinajstić information content (AvgIpc) is 3.87. The number of likely N-dealkylation sites (tertiary alicyclic amines) is 1. The van der Waals surface area contributed by atoms with Gasteiger partial charge in [-0.05, 0) is 89.6 Å². The minimum absolute atomic E-state index is 0. The van der Waals surface area contributed by atoms with E-state index in [1.54, 1.807) is 0 Å². The number of nitrogens with one attached hydrogen (secondary N) is 2. The zero-order valence-corrected chi connectivity index (χ0v) is 34.1. The first-order chi connectivity index (χ1) is 22.7. The summed E-state index contributed by atoms with van der Waals surface area (Å²) < 4.78 is 0. The second-order valence-corrected chi connectivity index (χ2v) is 10.4. The number of hydrogen-bond acceptors (Lipinski definition) is 3. The van der Waals surface area contributed by atoms with Crippen LogP contribution in [0.25, 0.3) is 55.1 Å². The average molecular weight is 722 g/mol. The Bertz CT molecular complexity index is 1780. The molecule has 0 radical (unpaired) electrons. The topological polar surface area (TPSA) is 60.6 Å². The van der Waals surface area contributed by atoms with Crippen LogP contribution in [0, 0.1) is 20.8 Å². The van der Waals surface area contributed by atoms with E-state index in [0.717, 1.165) is 59.5 Å². The first-order valence-corrected chi connectivity index (χ1v) is 17.5. The molecule has 4 aromatic carbocycles. The Morgan fingerprint density at radius 1 is 0.750 bits per heavy atom. The molecular weight excluding hydrogens is 663 g/mol. The van der Waals surface area contributed by atoms with Crippen LogP contribution in [0.4, 0.5) is 0 Å². The number of imidazole rings is 2. The second-order valence-electron chi connectivity index (χ2n) is 10.4. The second kappa shape index (κ2) is 21.9. The Balaban J connectivity index is 0.00000108. The fourth-order valence-electron chi connectivity index (χ4n) is 5.96. The number of rotatable bonds is 6. The first kappa shape index (κ1) is 43.0. The summed E-state index contributed by atoms with van der Waals surface area (Å²) in [5, 5.41) is 2.49. The first-order valence-electron chi connectivity index (χ1n) is 17.5. The molecule has 1 atom stereocenters. The van der Waals surface area contributed by atoms with Crippen LogP contribution >= 0.6 is 0 Å². The minimum atomic E-state index is 0. The van der Waals surface area contributed by atoms with Gasteiger partial charge in [-0.3, -0.25) is 9.88 Å². The monoisotopic (exact) mass is 721 g/mol. The van der Waals surface area contributed by atoms with Gasteiger partial charge in [-0.25, -0.2) is 11.4 Å². The Kier molecular flexibility index (Phi) is 19.6. The largest absolute Gasteiger partial charge is 3.00 e. The predicted octanol–water partition coefficient (Wildman–Crippen LogP) is 12.4. The SMILES string of the molecule is CC.CC.CC.CC.[CH2-]CC[CH-]c1nc2ccc(-c3cccc4c(-c5ccc6nc(C7CCCN7C)[nH]c6c5)cccc34)cc2[nH]1.[CH3-].[Y+3]. The quantitative estimate of drug-likeness (QED) is 0.168. The van der Waals surface area contributed by atoms with Crippen molar-refractivity contribution in [3.05, 3.63) is 105 Å². The van der Waals surface area contributed by atoms with Crippen molar-refractivity contribution in [1.82, 2.24) is 24.8 Å². The van der Waals surface area contributed by atoms with Gasteiger partial charge < -0.3 is 30.7 Å². The van der Waals surface area contributed by atoms with Gasteiger partial charge in [-0.2, -0.15) is 6.42 Å². The summed E-state index contributed by atoms with van der Waals surface area (Å²) in [6, 6.07) is 26.7. The Hall–Kier alpha value is -2.99. The zero-order chi connectivity index (χ0) is 33.6. The van der Waals surface area contributed by atoms with Crippen LogP contribution in [0.2, 0.25) is 0 Å². The van der Waals surface area contributed by atoms with Gasteiger partial charge in [0.1, 0.15) is 5.82 Å². The summed E-state index contributed by atoms with van der Waals surface area (Å²) in [4.78, 5) is 19.1. The van der Waals surface area contributed by atoms with Gasteiger partial charge in [-0.1, -0.05) is 104 Å². The summed E-state index contributed by atoms with van der Waals surface area (Å²) in [5.74, 6) is 2.00. The Morgan fingerprint density at radius 3 is 1.77 bits per heavy atom. The van der Waals surface area contributed by atoms with Crippen LogP contribution in [0.5, 0.6) is 0 Å². The van der Waals surface area contributed by atoms with Gasteiger partial charge in [-0.15, -0.1) is 0 Å². The van der Waals surface area contributed by atoms with E-state index in [4.69, 9.17) is 9.97 Å². The number of H-pyrrole nitrogens is 2. The molecule has 2 aromatic heterocycles. The number of benzene rings is 4.